The molecular formula is C22H25N5O3. The van der Waals surface area contributed by atoms with Gasteiger partial charge in [0.15, 0.2) is 5.75 Å². The van der Waals surface area contributed by atoms with Crippen molar-refractivity contribution in [3.63, 3.8) is 0 Å². The molecule has 0 unspecified atom stereocenters. The summed E-state index contributed by atoms with van der Waals surface area (Å²) < 4.78 is 14.7. The molecule has 4 heterocycles. The van der Waals surface area contributed by atoms with Crippen LogP contribution in [0, 0.1) is 6.92 Å². The minimum atomic E-state index is -0.0110. The molecule has 4 aromatic heterocycles. The van der Waals surface area contributed by atoms with Crippen LogP contribution in [0.4, 0.5) is 0 Å². The Bertz CT molecular complexity index is 1210. The first-order valence-corrected chi connectivity index (χ1v) is 9.86. The first kappa shape index (κ1) is 19.8. The predicted octanol–water partition coefficient (Wildman–Crippen LogP) is 4.11. The van der Waals surface area contributed by atoms with Crippen molar-refractivity contribution in [3.8, 4) is 34.5 Å². The molecule has 1 N–H and O–H groups in total. The van der Waals surface area contributed by atoms with Crippen molar-refractivity contribution in [1.82, 2.24) is 24.3 Å². The Hall–Kier alpha value is -3.55. The van der Waals surface area contributed by atoms with Gasteiger partial charge < -0.3 is 14.6 Å². The largest absolute Gasteiger partial charge is 0.494 e. The van der Waals surface area contributed by atoms with Gasteiger partial charge in [-0.3, -0.25) is 9.25 Å². The molecule has 4 aromatic rings. The second-order valence-electron chi connectivity index (χ2n) is 7.36. The van der Waals surface area contributed by atoms with Crippen molar-refractivity contribution in [3.05, 3.63) is 42.5 Å². The van der Waals surface area contributed by atoms with E-state index >= 15 is 0 Å². The van der Waals surface area contributed by atoms with Gasteiger partial charge in [-0.25, -0.2) is 9.97 Å². The van der Waals surface area contributed by atoms with Crippen LogP contribution in [0.5, 0.6) is 17.5 Å². The number of aromatic hydroxyl groups is 1. The van der Waals surface area contributed by atoms with Crippen molar-refractivity contribution in [1.29, 1.82) is 0 Å². The monoisotopic (exact) mass is 407 g/mol. The van der Waals surface area contributed by atoms with Crippen LogP contribution in [0.3, 0.4) is 0 Å². The number of hydrogen-bond donors (Lipinski definition) is 1. The van der Waals surface area contributed by atoms with Gasteiger partial charge in [0.1, 0.15) is 0 Å². The van der Waals surface area contributed by atoms with Gasteiger partial charge in [-0.2, -0.15) is 5.10 Å². The zero-order chi connectivity index (χ0) is 21.4. The normalized spacial score (nSPS) is 11.4. The van der Waals surface area contributed by atoms with Gasteiger partial charge in [0.25, 0.3) is 5.88 Å². The number of aryl methyl sites for hydroxylation is 2. The lowest BCUT2D eigenvalue weighted by Gasteiger charge is -2.14. The van der Waals surface area contributed by atoms with Gasteiger partial charge in [-0.15, -0.1) is 0 Å². The van der Waals surface area contributed by atoms with E-state index in [9.17, 15) is 5.11 Å². The lowest BCUT2D eigenvalue weighted by atomic mass is 10.1. The van der Waals surface area contributed by atoms with Crippen LogP contribution < -0.4 is 9.47 Å². The molecule has 0 radical (unpaired) electrons. The van der Waals surface area contributed by atoms with Gasteiger partial charge >= 0.3 is 0 Å². The van der Waals surface area contributed by atoms with Crippen molar-refractivity contribution in [2.45, 2.75) is 40.3 Å². The van der Waals surface area contributed by atoms with E-state index < -0.39 is 0 Å². The number of hydrogen-bond acceptors (Lipinski definition) is 6. The average molecular weight is 407 g/mol. The van der Waals surface area contributed by atoms with E-state index in [0.717, 1.165) is 29.1 Å². The molecule has 0 spiro atoms. The SMILES string of the molecule is CCn1cc(-n2cc3nc(-c4cnc(OC)c(OC(C)C)c4)cc(C)c3c2O)cn1. The predicted molar refractivity (Wildman–Crippen MR) is 114 cm³/mol. The summed E-state index contributed by atoms with van der Waals surface area (Å²) in [4.78, 5) is 9.14. The Morgan fingerprint density at radius 2 is 1.97 bits per heavy atom. The van der Waals surface area contributed by atoms with Crippen LogP contribution in [0.2, 0.25) is 0 Å². The van der Waals surface area contributed by atoms with Crippen LogP contribution in [0.1, 0.15) is 26.3 Å². The average Bonchev–Trinajstić information content (AvgIpc) is 3.32. The number of rotatable bonds is 6. The molecule has 30 heavy (non-hydrogen) atoms. The third kappa shape index (κ3) is 3.45. The molecule has 0 fully saturated rings. The van der Waals surface area contributed by atoms with Crippen molar-refractivity contribution < 1.29 is 14.6 Å². The highest BCUT2D eigenvalue weighted by Crippen LogP contribution is 2.35. The Kier molecular flexibility index (Phi) is 5.07. The molecule has 0 atom stereocenters. The molecule has 0 aliphatic rings. The summed E-state index contributed by atoms with van der Waals surface area (Å²) in [6.45, 7) is 8.63. The van der Waals surface area contributed by atoms with Gasteiger partial charge in [0, 0.05) is 30.7 Å². The Labute approximate surface area is 174 Å². The third-order valence-corrected chi connectivity index (χ3v) is 4.84. The van der Waals surface area contributed by atoms with Crippen LogP contribution >= 0.6 is 0 Å². The Morgan fingerprint density at radius 3 is 2.63 bits per heavy atom. The molecule has 0 aromatic carbocycles. The van der Waals surface area contributed by atoms with Gasteiger partial charge in [0.2, 0.25) is 5.88 Å². The maximum Gasteiger partial charge on any atom is 0.256 e. The lowest BCUT2D eigenvalue weighted by Crippen LogP contribution is -2.07. The molecule has 156 valence electrons. The van der Waals surface area contributed by atoms with Crippen LogP contribution in [0.15, 0.2) is 36.9 Å². The molecule has 0 aliphatic heterocycles. The van der Waals surface area contributed by atoms with E-state index in [-0.39, 0.29) is 12.0 Å². The quantitative estimate of drug-likeness (QED) is 0.517. The smallest absolute Gasteiger partial charge is 0.256 e. The number of aromatic nitrogens is 5. The summed E-state index contributed by atoms with van der Waals surface area (Å²) in [5.74, 6) is 1.15. The molecule has 0 amide bonds. The highest BCUT2D eigenvalue weighted by Gasteiger charge is 2.17. The Morgan fingerprint density at radius 1 is 1.17 bits per heavy atom. The minimum absolute atomic E-state index is 0.0110. The molecule has 0 saturated heterocycles. The zero-order valence-corrected chi connectivity index (χ0v) is 17.7. The van der Waals surface area contributed by atoms with E-state index in [2.05, 4.69) is 10.1 Å². The summed E-state index contributed by atoms with van der Waals surface area (Å²) in [5.41, 5.74) is 3.94. The first-order valence-electron chi connectivity index (χ1n) is 9.86. The molecular weight excluding hydrogens is 382 g/mol. The molecule has 8 heteroatoms. The highest BCUT2D eigenvalue weighted by molar-refractivity contribution is 5.90. The number of pyridine rings is 2. The standard InChI is InChI=1S/C22H25N5O3/c1-6-26-11-16(10-24-26)27-12-18-20(22(27)28)14(4)7-17(25-18)15-8-19(30-13(2)3)21(29-5)23-9-15/h7-13,28H,6H2,1-5H3. The molecule has 0 bridgehead atoms. The van der Waals surface area contributed by atoms with Crippen molar-refractivity contribution in [2.75, 3.05) is 7.11 Å². The number of nitrogens with zero attached hydrogens (tertiary/aromatic N) is 5. The molecule has 0 saturated carbocycles. The Balaban J connectivity index is 1.82. The van der Waals surface area contributed by atoms with Gasteiger partial charge in [-0.05, 0) is 45.4 Å². The topological polar surface area (TPSA) is 87.2 Å². The third-order valence-electron chi connectivity index (χ3n) is 4.84. The van der Waals surface area contributed by atoms with Crippen molar-refractivity contribution >= 4 is 10.9 Å². The van der Waals surface area contributed by atoms with Crippen LogP contribution in [-0.2, 0) is 6.54 Å². The van der Waals surface area contributed by atoms with E-state index in [1.54, 1.807) is 24.1 Å². The minimum Gasteiger partial charge on any atom is -0.494 e. The second-order valence-corrected chi connectivity index (χ2v) is 7.36. The summed E-state index contributed by atoms with van der Waals surface area (Å²) in [6.07, 6.45) is 7.13. The van der Waals surface area contributed by atoms with Crippen molar-refractivity contribution in [2.24, 2.45) is 0 Å². The second kappa shape index (κ2) is 7.70. The van der Waals surface area contributed by atoms with E-state index in [1.165, 1.54) is 0 Å². The number of ether oxygens (including phenoxy) is 2. The van der Waals surface area contributed by atoms with Gasteiger partial charge in [-0.1, -0.05) is 0 Å². The first-order chi connectivity index (χ1) is 14.4. The summed E-state index contributed by atoms with van der Waals surface area (Å²) >= 11 is 0. The summed E-state index contributed by atoms with van der Waals surface area (Å²) in [7, 11) is 1.57. The van der Waals surface area contributed by atoms with Gasteiger partial charge in [0.05, 0.1) is 41.7 Å². The number of methoxy groups -OCH3 is 1. The van der Waals surface area contributed by atoms with E-state index in [4.69, 9.17) is 14.5 Å². The molecule has 0 aliphatic carbocycles. The fourth-order valence-electron chi connectivity index (χ4n) is 3.44. The maximum absolute atomic E-state index is 10.8. The zero-order valence-electron chi connectivity index (χ0n) is 17.7. The molecule has 8 nitrogen and oxygen atoms in total. The summed E-state index contributed by atoms with van der Waals surface area (Å²) in [6, 6.07) is 3.81. The van der Waals surface area contributed by atoms with Crippen LogP contribution in [-0.4, -0.2) is 42.6 Å². The fraction of sp³-hybridized carbons (Fsp3) is 0.318. The summed E-state index contributed by atoms with van der Waals surface area (Å²) in [5, 5.41) is 15.8. The molecule has 4 rings (SSSR count). The van der Waals surface area contributed by atoms with E-state index in [1.807, 2.05) is 56.9 Å². The lowest BCUT2D eigenvalue weighted by molar-refractivity contribution is 0.227. The van der Waals surface area contributed by atoms with E-state index in [0.29, 0.717) is 22.5 Å². The fourth-order valence-corrected chi connectivity index (χ4v) is 3.44. The highest BCUT2D eigenvalue weighted by atomic mass is 16.5. The maximum atomic E-state index is 10.8. The number of fused-ring (bicyclic) bond motifs is 1. The van der Waals surface area contributed by atoms with Crippen LogP contribution in [0.25, 0.3) is 27.8 Å².